The van der Waals surface area contributed by atoms with Crippen LogP contribution in [0.1, 0.15) is 41.9 Å². The van der Waals surface area contributed by atoms with Crippen molar-refractivity contribution in [3.63, 3.8) is 0 Å². The summed E-state index contributed by atoms with van der Waals surface area (Å²) in [6, 6.07) is 9.90. The molecule has 0 bridgehead atoms. The molecule has 0 aliphatic heterocycles. The van der Waals surface area contributed by atoms with Gasteiger partial charge in [0.25, 0.3) is 0 Å². The first-order valence-corrected chi connectivity index (χ1v) is 7.14. The third-order valence-corrected chi connectivity index (χ3v) is 4.18. The number of benzene rings is 1. The van der Waals surface area contributed by atoms with Crippen molar-refractivity contribution in [3.05, 3.63) is 52.8 Å². The fourth-order valence-electron chi connectivity index (χ4n) is 3.31. The second kappa shape index (κ2) is 4.72. The summed E-state index contributed by atoms with van der Waals surface area (Å²) >= 11 is 0. The Balaban J connectivity index is 1.98. The molecule has 4 nitrogen and oxygen atoms in total. The Hall–Kier alpha value is -1.65. The van der Waals surface area contributed by atoms with E-state index in [0.29, 0.717) is 12.8 Å². The van der Waals surface area contributed by atoms with Gasteiger partial charge in [0, 0.05) is 24.7 Å². The Morgan fingerprint density at radius 1 is 1.45 bits per heavy atom. The first-order valence-electron chi connectivity index (χ1n) is 7.14. The number of aryl methyl sites for hydroxylation is 2. The Labute approximate surface area is 119 Å². The molecule has 0 saturated carbocycles. The van der Waals surface area contributed by atoms with Gasteiger partial charge in [0.1, 0.15) is 0 Å². The molecule has 2 unspecified atom stereocenters. The van der Waals surface area contributed by atoms with Crippen molar-refractivity contribution in [1.29, 1.82) is 0 Å². The van der Waals surface area contributed by atoms with Crippen LogP contribution < -0.4 is 5.73 Å². The van der Waals surface area contributed by atoms with Gasteiger partial charge in [0.05, 0.1) is 11.3 Å². The topological polar surface area (TPSA) is 64.1 Å². The molecule has 3 rings (SSSR count). The van der Waals surface area contributed by atoms with E-state index in [1.807, 2.05) is 41.9 Å². The van der Waals surface area contributed by atoms with Crippen molar-refractivity contribution in [2.75, 3.05) is 0 Å². The Bertz CT molecular complexity index is 634. The van der Waals surface area contributed by atoms with Crippen LogP contribution in [0.15, 0.2) is 30.3 Å². The largest absolute Gasteiger partial charge is 0.385 e. The number of fused-ring (bicyclic) bond motifs is 1. The molecular formula is C16H21N3O. The van der Waals surface area contributed by atoms with Gasteiger partial charge in [-0.2, -0.15) is 5.10 Å². The summed E-state index contributed by atoms with van der Waals surface area (Å²) in [5, 5.41) is 15.5. The average Bonchev–Trinajstić information content (AvgIpc) is 2.89. The number of rotatable bonds is 3. The minimum absolute atomic E-state index is 0.0877. The van der Waals surface area contributed by atoms with Crippen molar-refractivity contribution in [2.24, 2.45) is 5.73 Å². The molecular weight excluding hydrogens is 250 g/mol. The highest BCUT2D eigenvalue weighted by Gasteiger charge is 2.41. The van der Waals surface area contributed by atoms with E-state index >= 15 is 0 Å². The summed E-state index contributed by atoms with van der Waals surface area (Å²) in [4.78, 5) is 0. The molecule has 1 aliphatic rings. The van der Waals surface area contributed by atoms with E-state index in [4.69, 9.17) is 5.73 Å². The van der Waals surface area contributed by atoms with Gasteiger partial charge in [0.15, 0.2) is 0 Å². The normalized spacial score (nSPS) is 24.9. The number of aliphatic hydroxyl groups is 1. The standard InChI is InChI=1S/C16H21N3O/c1-3-19-12(8-11(2)18-19)9-16(20)10-15(17)13-6-4-5-7-14(13)16/h4-8,15,20H,3,9-10,17H2,1-2H3. The lowest BCUT2D eigenvalue weighted by atomic mass is 9.90. The minimum atomic E-state index is -0.880. The van der Waals surface area contributed by atoms with Crippen LogP contribution in [0.5, 0.6) is 0 Å². The zero-order chi connectivity index (χ0) is 14.3. The molecule has 0 fully saturated rings. The highest BCUT2D eigenvalue weighted by atomic mass is 16.3. The van der Waals surface area contributed by atoms with Crippen molar-refractivity contribution >= 4 is 0 Å². The van der Waals surface area contributed by atoms with Gasteiger partial charge in [-0.25, -0.2) is 0 Å². The van der Waals surface area contributed by atoms with Gasteiger partial charge in [-0.05, 0) is 37.5 Å². The van der Waals surface area contributed by atoms with Crippen LogP contribution in [0.3, 0.4) is 0 Å². The summed E-state index contributed by atoms with van der Waals surface area (Å²) in [6.07, 6.45) is 1.13. The van der Waals surface area contributed by atoms with E-state index in [1.165, 1.54) is 0 Å². The molecule has 106 valence electrons. The van der Waals surface area contributed by atoms with Gasteiger partial charge >= 0.3 is 0 Å². The van der Waals surface area contributed by atoms with Gasteiger partial charge in [-0.1, -0.05) is 24.3 Å². The number of nitrogens with zero attached hydrogens (tertiary/aromatic N) is 2. The average molecular weight is 271 g/mol. The maximum Gasteiger partial charge on any atom is 0.0972 e. The molecule has 1 aromatic heterocycles. The molecule has 1 aliphatic carbocycles. The molecule has 0 amide bonds. The number of hydrogen-bond donors (Lipinski definition) is 2. The third-order valence-electron chi connectivity index (χ3n) is 4.18. The summed E-state index contributed by atoms with van der Waals surface area (Å²) in [5.74, 6) is 0. The first-order chi connectivity index (χ1) is 9.53. The number of hydrogen-bond acceptors (Lipinski definition) is 3. The molecule has 4 heteroatoms. The molecule has 1 heterocycles. The maximum atomic E-state index is 11.1. The van der Waals surface area contributed by atoms with Crippen molar-refractivity contribution in [2.45, 2.75) is 44.9 Å². The third kappa shape index (κ3) is 2.05. The lowest BCUT2D eigenvalue weighted by Gasteiger charge is -2.24. The molecule has 2 aromatic rings. The number of nitrogens with two attached hydrogens (primary N) is 1. The van der Waals surface area contributed by atoms with E-state index in [9.17, 15) is 5.11 Å². The van der Waals surface area contributed by atoms with E-state index in [2.05, 4.69) is 12.0 Å². The second-order valence-corrected chi connectivity index (χ2v) is 5.70. The molecule has 0 saturated heterocycles. The van der Waals surface area contributed by atoms with E-state index < -0.39 is 5.60 Å². The minimum Gasteiger partial charge on any atom is -0.385 e. The van der Waals surface area contributed by atoms with E-state index in [-0.39, 0.29) is 6.04 Å². The summed E-state index contributed by atoms with van der Waals surface area (Å²) in [5.41, 5.74) is 9.37. The van der Waals surface area contributed by atoms with Gasteiger partial charge < -0.3 is 10.8 Å². The Kier molecular flexibility index (Phi) is 3.15. The zero-order valence-electron chi connectivity index (χ0n) is 12.0. The van der Waals surface area contributed by atoms with Crippen molar-refractivity contribution in [1.82, 2.24) is 9.78 Å². The molecule has 3 N–H and O–H groups in total. The Morgan fingerprint density at radius 3 is 2.95 bits per heavy atom. The highest BCUT2D eigenvalue weighted by molar-refractivity contribution is 5.40. The van der Waals surface area contributed by atoms with Crippen LogP contribution in [-0.2, 0) is 18.6 Å². The lowest BCUT2D eigenvalue weighted by molar-refractivity contribution is 0.0321. The van der Waals surface area contributed by atoms with E-state index in [1.54, 1.807) is 0 Å². The van der Waals surface area contributed by atoms with Crippen LogP contribution in [0.25, 0.3) is 0 Å². The van der Waals surface area contributed by atoms with Crippen LogP contribution in [0, 0.1) is 6.92 Å². The predicted molar refractivity (Wildman–Crippen MR) is 78.2 cm³/mol. The molecule has 1 aromatic carbocycles. The van der Waals surface area contributed by atoms with Gasteiger partial charge in [0.2, 0.25) is 0 Å². The summed E-state index contributed by atoms with van der Waals surface area (Å²) < 4.78 is 1.96. The summed E-state index contributed by atoms with van der Waals surface area (Å²) in [7, 11) is 0. The van der Waals surface area contributed by atoms with Crippen LogP contribution in [-0.4, -0.2) is 14.9 Å². The van der Waals surface area contributed by atoms with E-state index in [0.717, 1.165) is 29.1 Å². The van der Waals surface area contributed by atoms with Gasteiger partial charge in [-0.15, -0.1) is 0 Å². The first kappa shape index (κ1) is 13.3. The monoisotopic (exact) mass is 271 g/mol. The van der Waals surface area contributed by atoms with Gasteiger partial charge in [-0.3, -0.25) is 4.68 Å². The fraction of sp³-hybridized carbons (Fsp3) is 0.438. The van der Waals surface area contributed by atoms with Crippen LogP contribution in [0.2, 0.25) is 0 Å². The smallest absolute Gasteiger partial charge is 0.0972 e. The maximum absolute atomic E-state index is 11.1. The van der Waals surface area contributed by atoms with Crippen molar-refractivity contribution in [3.8, 4) is 0 Å². The predicted octanol–water partition coefficient (Wildman–Crippen LogP) is 2.05. The number of aromatic nitrogens is 2. The molecule has 0 radical (unpaired) electrons. The van der Waals surface area contributed by atoms with Crippen LogP contribution in [0.4, 0.5) is 0 Å². The fourth-order valence-corrected chi connectivity index (χ4v) is 3.31. The lowest BCUT2D eigenvalue weighted by Crippen LogP contribution is -2.27. The SMILES string of the molecule is CCn1nc(C)cc1CC1(O)CC(N)c2ccccc21. The molecule has 20 heavy (non-hydrogen) atoms. The highest BCUT2D eigenvalue weighted by Crippen LogP contribution is 2.43. The Morgan fingerprint density at radius 2 is 2.20 bits per heavy atom. The van der Waals surface area contributed by atoms with Crippen LogP contribution >= 0.6 is 0 Å². The molecule has 2 atom stereocenters. The quantitative estimate of drug-likeness (QED) is 0.898. The van der Waals surface area contributed by atoms with Crippen molar-refractivity contribution < 1.29 is 5.11 Å². The molecule has 0 spiro atoms. The summed E-state index contributed by atoms with van der Waals surface area (Å²) in [6.45, 7) is 4.86. The second-order valence-electron chi connectivity index (χ2n) is 5.70. The zero-order valence-corrected chi connectivity index (χ0v) is 12.0.